The van der Waals surface area contributed by atoms with Crippen molar-refractivity contribution in [2.45, 2.75) is 19.4 Å². The highest BCUT2D eigenvalue weighted by molar-refractivity contribution is 5.47. The van der Waals surface area contributed by atoms with Crippen molar-refractivity contribution in [2.24, 2.45) is 0 Å². The predicted molar refractivity (Wildman–Crippen MR) is 84.4 cm³/mol. The van der Waals surface area contributed by atoms with Gasteiger partial charge in [0.2, 0.25) is 0 Å². The lowest BCUT2D eigenvalue weighted by Crippen LogP contribution is -2.18. The van der Waals surface area contributed by atoms with Crippen LogP contribution < -0.4 is 14.8 Å². The molecule has 0 radical (unpaired) electrons. The fraction of sp³-hybridized carbons (Fsp3) is 0.294. The highest BCUT2D eigenvalue weighted by Crippen LogP contribution is 2.28. The molecule has 0 fully saturated rings. The largest absolute Gasteiger partial charge is 0.508 e. The van der Waals surface area contributed by atoms with Crippen molar-refractivity contribution < 1.29 is 14.6 Å². The monoisotopic (exact) mass is 287 g/mol. The molecule has 0 aliphatic heterocycles. The van der Waals surface area contributed by atoms with E-state index in [1.54, 1.807) is 26.4 Å². The zero-order valence-corrected chi connectivity index (χ0v) is 12.6. The molecule has 2 aromatic rings. The van der Waals surface area contributed by atoms with Gasteiger partial charge in [0.15, 0.2) is 11.5 Å². The zero-order chi connectivity index (χ0) is 15.2. The van der Waals surface area contributed by atoms with Gasteiger partial charge in [0.1, 0.15) is 5.75 Å². The van der Waals surface area contributed by atoms with Gasteiger partial charge in [-0.3, -0.25) is 0 Å². The summed E-state index contributed by atoms with van der Waals surface area (Å²) in [7, 11) is 3.27. The van der Waals surface area contributed by atoms with Crippen molar-refractivity contribution in [3.05, 3.63) is 48.0 Å². The van der Waals surface area contributed by atoms with Gasteiger partial charge in [-0.25, -0.2) is 0 Å². The van der Waals surface area contributed by atoms with Gasteiger partial charge in [-0.2, -0.15) is 0 Å². The maximum atomic E-state index is 9.28. The Morgan fingerprint density at radius 1 is 1.00 bits per heavy atom. The minimum Gasteiger partial charge on any atom is -0.508 e. The standard InChI is InChI=1S/C17H21NO3/c1-12(18-14-5-7-15(19)8-6-14)10-13-4-9-16(20-2)17(11-13)21-3/h4-9,11-12,18-19H,10H2,1-3H3. The van der Waals surface area contributed by atoms with E-state index in [1.165, 1.54) is 5.56 Å². The van der Waals surface area contributed by atoms with Crippen LogP contribution in [0.25, 0.3) is 0 Å². The molecular formula is C17H21NO3. The lowest BCUT2D eigenvalue weighted by atomic mass is 10.1. The molecule has 2 aromatic carbocycles. The molecule has 1 atom stereocenters. The van der Waals surface area contributed by atoms with Crippen molar-refractivity contribution in [2.75, 3.05) is 19.5 Å². The van der Waals surface area contributed by atoms with E-state index in [9.17, 15) is 5.11 Å². The maximum absolute atomic E-state index is 9.28. The minimum absolute atomic E-state index is 0.257. The number of hydrogen-bond donors (Lipinski definition) is 2. The van der Waals surface area contributed by atoms with Crippen molar-refractivity contribution >= 4 is 5.69 Å². The summed E-state index contributed by atoms with van der Waals surface area (Å²) in [5, 5.41) is 12.7. The molecule has 2 N–H and O–H groups in total. The SMILES string of the molecule is COc1ccc(CC(C)Nc2ccc(O)cc2)cc1OC. The Labute approximate surface area is 125 Å². The first kappa shape index (κ1) is 15.0. The van der Waals surface area contributed by atoms with Gasteiger partial charge in [-0.05, 0) is 55.3 Å². The molecule has 0 aliphatic rings. The fourth-order valence-electron chi connectivity index (χ4n) is 2.25. The van der Waals surface area contributed by atoms with Crippen LogP contribution in [0.1, 0.15) is 12.5 Å². The van der Waals surface area contributed by atoms with Crippen LogP contribution in [0.5, 0.6) is 17.2 Å². The van der Waals surface area contributed by atoms with Gasteiger partial charge < -0.3 is 19.9 Å². The number of aromatic hydroxyl groups is 1. The summed E-state index contributed by atoms with van der Waals surface area (Å²) >= 11 is 0. The van der Waals surface area contributed by atoms with Gasteiger partial charge in [-0.1, -0.05) is 6.07 Å². The van der Waals surface area contributed by atoms with E-state index >= 15 is 0 Å². The lowest BCUT2D eigenvalue weighted by molar-refractivity contribution is 0.354. The van der Waals surface area contributed by atoms with E-state index in [0.717, 1.165) is 23.6 Å². The maximum Gasteiger partial charge on any atom is 0.160 e. The molecule has 0 spiro atoms. The van der Waals surface area contributed by atoms with Crippen molar-refractivity contribution in [3.8, 4) is 17.2 Å². The topological polar surface area (TPSA) is 50.7 Å². The molecule has 0 bridgehead atoms. The van der Waals surface area contributed by atoms with Crippen LogP contribution in [0, 0.1) is 0 Å². The summed E-state index contributed by atoms with van der Waals surface area (Å²) in [6.45, 7) is 2.11. The van der Waals surface area contributed by atoms with E-state index in [-0.39, 0.29) is 11.8 Å². The number of rotatable bonds is 6. The number of hydrogen-bond acceptors (Lipinski definition) is 4. The number of nitrogens with one attached hydrogen (secondary N) is 1. The first-order valence-electron chi connectivity index (χ1n) is 6.89. The molecular weight excluding hydrogens is 266 g/mol. The Balaban J connectivity index is 2.02. The van der Waals surface area contributed by atoms with Crippen LogP contribution in [0.3, 0.4) is 0 Å². The quantitative estimate of drug-likeness (QED) is 0.799. The summed E-state index contributed by atoms with van der Waals surface area (Å²) in [5.74, 6) is 1.75. The second-order valence-corrected chi connectivity index (χ2v) is 4.99. The minimum atomic E-state index is 0.257. The van der Waals surface area contributed by atoms with E-state index in [0.29, 0.717) is 0 Å². The molecule has 4 nitrogen and oxygen atoms in total. The summed E-state index contributed by atoms with van der Waals surface area (Å²) in [4.78, 5) is 0. The normalized spacial score (nSPS) is 11.8. The number of anilines is 1. The number of benzene rings is 2. The molecule has 0 aliphatic carbocycles. The van der Waals surface area contributed by atoms with E-state index in [2.05, 4.69) is 12.2 Å². The summed E-state index contributed by atoms with van der Waals surface area (Å²) in [6, 6.07) is 13.3. The van der Waals surface area contributed by atoms with Crippen LogP contribution in [-0.4, -0.2) is 25.4 Å². The molecule has 2 rings (SSSR count). The van der Waals surface area contributed by atoms with Gasteiger partial charge in [0, 0.05) is 11.7 Å². The number of phenols is 1. The molecule has 4 heteroatoms. The number of methoxy groups -OCH3 is 2. The van der Waals surface area contributed by atoms with Crippen LogP contribution in [-0.2, 0) is 6.42 Å². The molecule has 112 valence electrons. The Kier molecular flexibility index (Phi) is 4.93. The van der Waals surface area contributed by atoms with Crippen LogP contribution >= 0.6 is 0 Å². The Hall–Kier alpha value is -2.36. The predicted octanol–water partition coefficient (Wildman–Crippen LogP) is 3.45. The molecule has 21 heavy (non-hydrogen) atoms. The third-order valence-corrected chi connectivity index (χ3v) is 3.27. The van der Waals surface area contributed by atoms with Crippen LogP contribution in [0.15, 0.2) is 42.5 Å². The molecule has 0 saturated heterocycles. The Bertz CT molecular complexity index is 581. The van der Waals surface area contributed by atoms with Gasteiger partial charge in [0.05, 0.1) is 14.2 Å². The van der Waals surface area contributed by atoms with E-state index in [4.69, 9.17) is 9.47 Å². The van der Waals surface area contributed by atoms with Gasteiger partial charge >= 0.3 is 0 Å². The highest BCUT2D eigenvalue weighted by Gasteiger charge is 2.08. The first-order chi connectivity index (χ1) is 10.1. The fourth-order valence-corrected chi connectivity index (χ4v) is 2.25. The average Bonchev–Trinajstić information content (AvgIpc) is 2.49. The van der Waals surface area contributed by atoms with E-state index in [1.807, 2.05) is 30.3 Å². The smallest absolute Gasteiger partial charge is 0.160 e. The van der Waals surface area contributed by atoms with Gasteiger partial charge in [-0.15, -0.1) is 0 Å². The Morgan fingerprint density at radius 3 is 2.29 bits per heavy atom. The number of phenolic OH excluding ortho intramolecular Hbond substituents is 1. The summed E-state index contributed by atoms with van der Waals surface area (Å²) < 4.78 is 10.6. The second kappa shape index (κ2) is 6.88. The third-order valence-electron chi connectivity index (χ3n) is 3.27. The zero-order valence-electron chi connectivity index (χ0n) is 12.6. The van der Waals surface area contributed by atoms with Crippen LogP contribution in [0.4, 0.5) is 5.69 Å². The second-order valence-electron chi connectivity index (χ2n) is 4.99. The van der Waals surface area contributed by atoms with E-state index < -0.39 is 0 Å². The Morgan fingerprint density at radius 2 is 1.67 bits per heavy atom. The highest BCUT2D eigenvalue weighted by atomic mass is 16.5. The molecule has 0 heterocycles. The number of ether oxygens (including phenoxy) is 2. The van der Waals surface area contributed by atoms with Crippen LogP contribution in [0.2, 0.25) is 0 Å². The molecule has 0 amide bonds. The average molecular weight is 287 g/mol. The first-order valence-corrected chi connectivity index (χ1v) is 6.89. The van der Waals surface area contributed by atoms with Crippen molar-refractivity contribution in [3.63, 3.8) is 0 Å². The summed E-state index contributed by atoms with van der Waals surface area (Å²) in [5.41, 5.74) is 2.16. The molecule has 0 aromatic heterocycles. The molecule has 0 saturated carbocycles. The van der Waals surface area contributed by atoms with Crippen molar-refractivity contribution in [1.29, 1.82) is 0 Å². The third kappa shape index (κ3) is 4.05. The summed E-state index contributed by atoms with van der Waals surface area (Å²) in [6.07, 6.45) is 0.862. The van der Waals surface area contributed by atoms with Gasteiger partial charge in [0.25, 0.3) is 0 Å². The molecule has 1 unspecified atom stereocenters. The van der Waals surface area contributed by atoms with Crippen molar-refractivity contribution in [1.82, 2.24) is 0 Å². The lowest BCUT2D eigenvalue weighted by Gasteiger charge is -2.16.